The third-order valence-electron chi connectivity index (χ3n) is 4.07. The van der Waals surface area contributed by atoms with Crippen LogP contribution in [0.25, 0.3) is 0 Å². The van der Waals surface area contributed by atoms with Crippen molar-refractivity contribution in [1.82, 2.24) is 0 Å². The van der Waals surface area contributed by atoms with Gasteiger partial charge in [-0.25, -0.2) is 4.79 Å². The number of rotatable bonds is 2. The number of carbonyl (C=O) groups is 1. The number of halogens is 1. The summed E-state index contributed by atoms with van der Waals surface area (Å²) in [6, 6.07) is 9.18. The van der Waals surface area contributed by atoms with Crippen molar-refractivity contribution in [1.29, 1.82) is 0 Å². The van der Waals surface area contributed by atoms with E-state index in [0.717, 1.165) is 35.7 Å². The lowest BCUT2D eigenvalue weighted by atomic mass is 9.95. The Balaban J connectivity index is 1.88. The van der Waals surface area contributed by atoms with E-state index < -0.39 is 5.97 Å². The fraction of sp³-hybridized carbons (Fsp3) is 0.400. The highest BCUT2D eigenvalue weighted by molar-refractivity contribution is 9.10. The van der Waals surface area contributed by atoms with E-state index in [1.807, 2.05) is 6.07 Å². The van der Waals surface area contributed by atoms with Crippen LogP contribution in [0, 0.1) is 0 Å². The van der Waals surface area contributed by atoms with Gasteiger partial charge in [0.05, 0.1) is 5.69 Å². The van der Waals surface area contributed by atoms with Crippen LogP contribution in [-0.4, -0.2) is 23.2 Å². The number of anilines is 1. The Morgan fingerprint density at radius 1 is 1.26 bits per heavy atom. The quantitative estimate of drug-likeness (QED) is 0.846. The summed E-state index contributed by atoms with van der Waals surface area (Å²) in [5, 5.41) is 8.89. The molecular weight excluding hydrogens is 306 g/mol. The minimum absolute atomic E-state index is 0.447. The maximum atomic E-state index is 10.8. The van der Waals surface area contributed by atoms with E-state index in [2.05, 4.69) is 39.0 Å². The molecule has 0 spiro atoms. The second-order valence-electron chi connectivity index (χ2n) is 5.29. The molecule has 2 atom stereocenters. The molecule has 1 N–H and O–H groups in total. The molecule has 3 rings (SSSR count). The summed E-state index contributed by atoms with van der Waals surface area (Å²) in [5.41, 5.74) is 2.33. The van der Waals surface area contributed by atoms with Crippen molar-refractivity contribution < 1.29 is 9.90 Å². The Morgan fingerprint density at radius 3 is 2.47 bits per heavy atom. The van der Waals surface area contributed by atoms with Gasteiger partial charge in [-0.3, -0.25) is 0 Å². The monoisotopic (exact) mass is 321 g/mol. The molecule has 0 amide bonds. The van der Waals surface area contributed by atoms with Gasteiger partial charge in [0.2, 0.25) is 0 Å². The average molecular weight is 322 g/mol. The van der Waals surface area contributed by atoms with Crippen LogP contribution >= 0.6 is 15.9 Å². The smallest absolute Gasteiger partial charge is 0.328 e. The number of carboxylic acid groups (broad SMARTS) is 1. The molecule has 2 saturated heterocycles. The van der Waals surface area contributed by atoms with E-state index in [0.29, 0.717) is 12.1 Å². The average Bonchev–Trinajstić information content (AvgIpc) is 2.62. The molecule has 0 aromatic heterocycles. The molecule has 2 fully saturated rings. The van der Waals surface area contributed by atoms with Crippen LogP contribution in [0.1, 0.15) is 25.7 Å². The third kappa shape index (κ3) is 2.41. The van der Waals surface area contributed by atoms with E-state index in [1.54, 1.807) is 0 Å². The zero-order chi connectivity index (χ0) is 13.4. The summed E-state index contributed by atoms with van der Waals surface area (Å²) in [7, 11) is 0. The Bertz CT molecular complexity index is 525. The molecule has 2 aliphatic rings. The maximum Gasteiger partial charge on any atom is 0.328 e. The Hall–Kier alpha value is -1.29. The molecule has 2 aliphatic heterocycles. The van der Waals surface area contributed by atoms with Crippen LogP contribution in [0.3, 0.4) is 0 Å². The van der Waals surface area contributed by atoms with Gasteiger partial charge in [0.25, 0.3) is 0 Å². The number of fused-ring (bicyclic) bond motifs is 2. The van der Waals surface area contributed by atoms with Crippen molar-refractivity contribution in [3.8, 4) is 0 Å². The number of para-hydroxylation sites is 1. The highest BCUT2D eigenvalue weighted by Crippen LogP contribution is 2.43. The molecule has 4 heteroatoms. The lowest BCUT2D eigenvalue weighted by molar-refractivity contribution is -0.131. The van der Waals surface area contributed by atoms with E-state index in [1.165, 1.54) is 11.8 Å². The molecule has 1 aromatic carbocycles. The minimum Gasteiger partial charge on any atom is -0.478 e. The fourth-order valence-electron chi connectivity index (χ4n) is 3.40. The zero-order valence-electron chi connectivity index (χ0n) is 10.6. The van der Waals surface area contributed by atoms with Crippen LogP contribution in [-0.2, 0) is 4.79 Å². The summed E-state index contributed by atoms with van der Waals surface area (Å²) in [5.74, 6) is -0.816. The van der Waals surface area contributed by atoms with Crippen LogP contribution in [0.15, 0.2) is 40.4 Å². The molecule has 19 heavy (non-hydrogen) atoms. The summed E-state index contributed by atoms with van der Waals surface area (Å²) >= 11 is 3.62. The zero-order valence-corrected chi connectivity index (χ0v) is 12.1. The summed E-state index contributed by atoms with van der Waals surface area (Å²) in [6.45, 7) is 0. The van der Waals surface area contributed by atoms with Crippen LogP contribution < -0.4 is 4.90 Å². The highest BCUT2D eigenvalue weighted by atomic mass is 79.9. The van der Waals surface area contributed by atoms with Crippen molar-refractivity contribution >= 4 is 27.6 Å². The Morgan fingerprint density at radius 2 is 1.89 bits per heavy atom. The fourth-order valence-corrected chi connectivity index (χ4v) is 3.89. The molecular formula is C15H16BrNO2. The van der Waals surface area contributed by atoms with Crippen molar-refractivity contribution in [2.45, 2.75) is 37.8 Å². The molecule has 1 aromatic rings. The SMILES string of the molecule is O=C(O)C=C1CC2CCC(C1)N2c1ccccc1Br. The van der Waals surface area contributed by atoms with Gasteiger partial charge in [0.15, 0.2) is 0 Å². The number of piperidine rings is 1. The normalized spacial score (nSPS) is 25.5. The standard InChI is InChI=1S/C15H16BrNO2/c16-13-3-1-2-4-14(13)17-11-5-6-12(17)8-10(7-11)9-15(18)19/h1-4,9,11-12H,5-8H2,(H,18,19). The molecule has 2 unspecified atom stereocenters. The van der Waals surface area contributed by atoms with Gasteiger partial charge < -0.3 is 10.0 Å². The van der Waals surface area contributed by atoms with E-state index in [9.17, 15) is 4.79 Å². The van der Waals surface area contributed by atoms with Crippen LogP contribution in [0.4, 0.5) is 5.69 Å². The largest absolute Gasteiger partial charge is 0.478 e. The summed E-state index contributed by atoms with van der Waals surface area (Å²) in [6.07, 6.45) is 5.48. The van der Waals surface area contributed by atoms with E-state index in [4.69, 9.17) is 5.11 Å². The van der Waals surface area contributed by atoms with Gasteiger partial charge in [0, 0.05) is 22.6 Å². The molecule has 2 bridgehead atoms. The van der Waals surface area contributed by atoms with E-state index >= 15 is 0 Å². The van der Waals surface area contributed by atoms with Crippen molar-refractivity contribution in [3.63, 3.8) is 0 Å². The summed E-state index contributed by atoms with van der Waals surface area (Å²) in [4.78, 5) is 13.3. The number of nitrogens with zero attached hydrogens (tertiary/aromatic N) is 1. The van der Waals surface area contributed by atoms with Gasteiger partial charge in [-0.1, -0.05) is 17.7 Å². The molecule has 100 valence electrons. The molecule has 0 saturated carbocycles. The Kier molecular flexibility index (Phi) is 3.35. The number of aliphatic carboxylic acids is 1. The minimum atomic E-state index is -0.816. The first-order chi connectivity index (χ1) is 9.15. The van der Waals surface area contributed by atoms with Gasteiger partial charge in [-0.15, -0.1) is 0 Å². The van der Waals surface area contributed by atoms with Gasteiger partial charge in [-0.2, -0.15) is 0 Å². The van der Waals surface area contributed by atoms with Crippen LogP contribution in [0.5, 0.6) is 0 Å². The predicted molar refractivity (Wildman–Crippen MR) is 78.4 cm³/mol. The number of carboxylic acids is 1. The third-order valence-corrected chi connectivity index (χ3v) is 4.74. The second-order valence-corrected chi connectivity index (χ2v) is 6.15. The topological polar surface area (TPSA) is 40.5 Å². The van der Waals surface area contributed by atoms with Gasteiger partial charge in [0.1, 0.15) is 0 Å². The van der Waals surface area contributed by atoms with Gasteiger partial charge >= 0.3 is 5.97 Å². The van der Waals surface area contributed by atoms with Gasteiger partial charge in [-0.05, 0) is 53.7 Å². The number of hydrogen-bond donors (Lipinski definition) is 1. The lowest BCUT2D eigenvalue weighted by Gasteiger charge is -2.38. The first kappa shape index (κ1) is 12.7. The molecule has 3 nitrogen and oxygen atoms in total. The van der Waals surface area contributed by atoms with E-state index in [-0.39, 0.29) is 0 Å². The highest BCUT2D eigenvalue weighted by Gasteiger charge is 2.39. The lowest BCUT2D eigenvalue weighted by Crippen LogP contribution is -2.40. The predicted octanol–water partition coefficient (Wildman–Crippen LogP) is 3.59. The number of benzene rings is 1. The second kappa shape index (κ2) is 5.00. The first-order valence-corrected chi connectivity index (χ1v) is 7.39. The first-order valence-electron chi connectivity index (χ1n) is 6.60. The molecule has 0 radical (unpaired) electrons. The molecule has 0 aliphatic carbocycles. The van der Waals surface area contributed by atoms with Crippen molar-refractivity contribution in [2.75, 3.05) is 4.90 Å². The Labute approximate surface area is 121 Å². The van der Waals surface area contributed by atoms with Crippen molar-refractivity contribution in [3.05, 3.63) is 40.4 Å². The van der Waals surface area contributed by atoms with Crippen molar-refractivity contribution in [2.24, 2.45) is 0 Å². The number of hydrogen-bond acceptors (Lipinski definition) is 2. The molecule has 2 heterocycles. The summed E-state index contributed by atoms with van der Waals surface area (Å²) < 4.78 is 1.12. The van der Waals surface area contributed by atoms with Crippen LogP contribution in [0.2, 0.25) is 0 Å². The maximum absolute atomic E-state index is 10.8.